The minimum Gasteiger partial charge on any atom is -0.319 e. The first-order chi connectivity index (χ1) is 6.32. The summed E-state index contributed by atoms with van der Waals surface area (Å²) in [5.41, 5.74) is -0.105. The first-order valence-electron chi connectivity index (χ1n) is 3.95. The van der Waals surface area contributed by atoms with Gasteiger partial charge in [0.25, 0.3) is 6.43 Å². The number of halogens is 3. The average molecular weight is 283 g/mol. The molecule has 1 rings (SSSR count). The molecule has 0 heterocycles. The predicted molar refractivity (Wildman–Crippen MR) is 58.2 cm³/mol. The van der Waals surface area contributed by atoms with Crippen molar-refractivity contribution in [3.8, 4) is 0 Å². The molecule has 14 heavy (non-hydrogen) atoms. The molecule has 0 aliphatic heterocycles. The number of rotatable bonds is 2. The van der Waals surface area contributed by atoms with Crippen LogP contribution in [0.2, 0.25) is 0 Å². The largest absolute Gasteiger partial charge is 0.319 e. The Morgan fingerprint density at radius 2 is 1.93 bits per heavy atom. The molecule has 0 radical (unpaired) electrons. The second-order valence-corrected chi connectivity index (χ2v) is 7.43. The zero-order valence-electron chi connectivity index (χ0n) is 7.80. The van der Waals surface area contributed by atoms with Gasteiger partial charge in [-0.1, -0.05) is 22.0 Å². The Kier molecular flexibility index (Phi) is 3.49. The van der Waals surface area contributed by atoms with Crippen molar-refractivity contribution in [3.63, 3.8) is 0 Å². The van der Waals surface area contributed by atoms with Crippen LogP contribution in [-0.2, 0) is 4.57 Å². The molecule has 1 aromatic carbocycles. The fraction of sp³-hybridized carbons (Fsp3) is 0.333. The van der Waals surface area contributed by atoms with Crippen molar-refractivity contribution < 1.29 is 13.3 Å². The molecular formula is C9H10BrF2OP. The van der Waals surface area contributed by atoms with Crippen LogP contribution in [-0.4, -0.2) is 13.3 Å². The average Bonchev–Trinajstić information content (AvgIpc) is 2.02. The van der Waals surface area contributed by atoms with E-state index in [4.69, 9.17) is 0 Å². The van der Waals surface area contributed by atoms with Crippen molar-refractivity contribution in [2.24, 2.45) is 0 Å². The van der Waals surface area contributed by atoms with Crippen molar-refractivity contribution >= 4 is 28.4 Å². The third kappa shape index (κ3) is 2.64. The van der Waals surface area contributed by atoms with E-state index in [-0.39, 0.29) is 5.56 Å². The number of hydrogen-bond donors (Lipinski definition) is 0. The Balaban J connectivity index is 3.27. The highest BCUT2D eigenvalue weighted by molar-refractivity contribution is 9.10. The van der Waals surface area contributed by atoms with Crippen LogP contribution < -0.4 is 5.30 Å². The molecule has 0 N–H and O–H groups in total. The fourth-order valence-electron chi connectivity index (χ4n) is 1.03. The zero-order chi connectivity index (χ0) is 10.9. The van der Waals surface area contributed by atoms with Gasteiger partial charge in [0, 0.05) is 15.3 Å². The highest BCUT2D eigenvalue weighted by Gasteiger charge is 2.17. The maximum atomic E-state index is 12.5. The standard InChI is InChI=1S/C9H10BrF2OP/c1-14(2,13)6-3-4-8(10)7(5-6)9(11)12/h3-5,9H,1-2H3. The molecule has 78 valence electrons. The Bertz CT molecular complexity index is 386. The molecule has 1 nitrogen and oxygen atoms in total. The third-order valence-corrected chi connectivity index (χ3v) is 4.08. The lowest BCUT2D eigenvalue weighted by atomic mass is 10.2. The Morgan fingerprint density at radius 3 is 2.36 bits per heavy atom. The molecule has 0 spiro atoms. The van der Waals surface area contributed by atoms with Crippen molar-refractivity contribution in [1.82, 2.24) is 0 Å². The molecule has 0 atom stereocenters. The van der Waals surface area contributed by atoms with Gasteiger partial charge in [-0.3, -0.25) is 0 Å². The summed E-state index contributed by atoms with van der Waals surface area (Å²) in [4.78, 5) is 0. The van der Waals surface area contributed by atoms with Crippen molar-refractivity contribution in [3.05, 3.63) is 28.2 Å². The minimum absolute atomic E-state index is 0.105. The summed E-state index contributed by atoms with van der Waals surface area (Å²) < 4.78 is 36.9. The number of benzene rings is 1. The lowest BCUT2D eigenvalue weighted by Crippen LogP contribution is -2.04. The van der Waals surface area contributed by atoms with Gasteiger partial charge in [0.2, 0.25) is 0 Å². The lowest BCUT2D eigenvalue weighted by Gasteiger charge is -2.10. The smallest absolute Gasteiger partial charge is 0.264 e. The summed E-state index contributed by atoms with van der Waals surface area (Å²) in [5.74, 6) is 0. The lowest BCUT2D eigenvalue weighted by molar-refractivity contribution is 0.150. The van der Waals surface area contributed by atoms with Crippen LogP contribution in [0, 0.1) is 0 Å². The van der Waals surface area contributed by atoms with Gasteiger partial charge in [-0.2, -0.15) is 0 Å². The molecule has 5 heteroatoms. The molecular weight excluding hydrogens is 273 g/mol. The van der Waals surface area contributed by atoms with E-state index in [1.807, 2.05) is 0 Å². The highest BCUT2D eigenvalue weighted by Crippen LogP contribution is 2.37. The zero-order valence-corrected chi connectivity index (χ0v) is 10.3. The second-order valence-electron chi connectivity index (χ2n) is 3.36. The molecule has 0 saturated heterocycles. The normalized spacial score (nSPS) is 12.1. The van der Waals surface area contributed by atoms with Crippen LogP contribution in [0.1, 0.15) is 12.0 Å². The molecule has 0 aliphatic rings. The van der Waals surface area contributed by atoms with Gasteiger partial charge in [0.15, 0.2) is 0 Å². The minimum atomic E-state index is -2.55. The number of alkyl halides is 2. The van der Waals surface area contributed by atoms with E-state index in [9.17, 15) is 13.3 Å². The van der Waals surface area contributed by atoms with Crippen LogP contribution >= 0.6 is 23.1 Å². The topological polar surface area (TPSA) is 17.1 Å². The van der Waals surface area contributed by atoms with Crippen LogP contribution in [0.4, 0.5) is 8.78 Å². The van der Waals surface area contributed by atoms with Crippen LogP contribution in [0.25, 0.3) is 0 Å². The molecule has 0 aliphatic carbocycles. The van der Waals surface area contributed by atoms with Crippen molar-refractivity contribution in [1.29, 1.82) is 0 Å². The highest BCUT2D eigenvalue weighted by atomic mass is 79.9. The SMILES string of the molecule is CP(C)(=O)c1ccc(Br)c(C(F)F)c1. The summed E-state index contributed by atoms with van der Waals surface area (Å²) in [6.45, 7) is 3.12. The van der Waals surface area contributed by atoms with E-state index >= 15 is 0 Å². The van der Waals surface area contributed by atoms with Gasteiger partial charge in [-0.25, -0.2) is 8.78 Å². The molecule has 0 amide bonds. The van der Waals surface area contributed by atoms with Gasteiger partial charge in [-0.15, -0.1) is 0 Å². The quantitative estimate of drug-likeness (QED) is 0.757. The Labute approximate surface area is 90.0 Å². The number of hydrogen-bond acceptors (Lipinski definition) is 1. The summed E-state index contributed by atoms with van der Waals surface area (Å²) in [6, 6.07) is 4.42. The third-order valence-electron chi connectivity index (χ3n) is 1.84. The first-order valence-corrected chi connectivity index (χ1v) is 7.35. The van der Waals surface area contributed by atoms with Gasteiger partial charge >= 0.3 is 0 Å². The van der Waals surface area contributed by atoms with Crippen molar-refractivity contribution in [2.45, 2.75) is 6.43 Å². The monoisotopic (exact) mass is 282 g/mol. The van der Waals surface area contributed by atoms with E-state index in [1.54, 1.807) is 19.4 Å². The predicted octanol–water partition coefficient (Wildman–Crippen LogP) is 3.63. The molecule has 0 fully saturated rings. The van der Waals surface area contributed by atoms with E-state index in [1.165, 1.54) is 12.1 Å². The van der Waals surface area contributed by atoms with Crippen molar-refractivity contribution in [2.75, 3.05) is 13.3 Å². The van der Waals surface area contributed by atoms with E-state index in [0.717, 1.165) is 0 Å². The van der Waals surface area contributed by atoms with E-state index in [0.29, 0.717) is 9.78 Å². The van der Waals surface area contributed by atoms with E-state index < -0.39 is 13.6 Å². The molecule has 0 saturated carbocycles. The van der Waals surface area contributed by atoms with Gasteiger partial charge in [0.1, 0.15) is 7.14 Å². The summed E-state index contributed by atoms with van der Waals surface area (Å²) in [6.07, 6.45) is -2.55. The van der Waals surface area contributed by atoms with E-state index in [2.05, 4.69) is 15.9 Å². The Morgan fingerprint density at radius 1 is 1.36 bits per heavy atom. The maximum Gasteiger partial charge on any atom is 0.264 e. The molecule has 0 bridgehead atoms. The maximum absolute atomic E-state index is 12.5. The Hall–Kier alpha value is -0.210. The van der Waals surface area contributed by atoms with Crippen LogP contribution in [0.15, 0.2) is 22.7 Å². The van der Waals surface area contributed by atoms with Gasteiger partial charge < -0.3 is 4.57 Å². The molecule has 0 aromatic heterocycles. The van der Waals surface area contributed by atoms with Gasteiger partial charge in [0.05, 0.1) is 0 Å². The fourth-order valence-corrected chi connectivity index (χ4v) is 2.34. The summed E-state index contributed by atoms with van der Waals surface area (Å²) in [5, 5.41) is 0.482. The van der Waals surface area contributed by atoms with Crippen LogP contribution in [0.3, 0.4) is 0 Å². The molecule has 1 aromatic rings. The summed E-state index contributed by atoms with van der Waals surface area (Å²) in [7, 11) is -2.46. The summed E-state index contributed by atoms with van der Waals surface area (Å²) >= 11 is 3.03. The van der Waals surface area contributed by atoms with Gasteiger partial charge in [-0.05, 0) is 25.5 Å². The van der Waals surface area contributed by atoms with Crippen LogP contribution in [0.5, 0.6) is 0 Å². The second kappa shape index (κ2) is 4.11. The first kappa shape index (κ1) is 11.9. The molecule has 0 unspecified atom stereocenters.